The van der Waals surface area contributed by atoms with Gasteiger partial charge in [-0.05, 0) is 37.3 Å². The van der Waals surface area contributed by atoms with Crippen LogP contribution in [0.15, 0.2) is 36.5 Å². The van der Waals surface area contributed by atoms with Crippen LogP contribution in [0.4, 0.5) is 10.1 Å². The van der Waals surface area contributed by atoms with E-state index in [1.54, 1.807) is 39.5 Å². The first-order chi connectivity index (χ1) is 14.8. The number of ether oxygens (including phenoxy) is 1. The van der Waals surface area contributed by atoms with E-state index < -0.39 is 23.2 Å². The van der Waals surface area contributed by atoms with E-state index in [4.69, 9.17) is 4.74 Å². The molecule has 31 heavy (non-hydrogen) atoms. The van der Waals surface area contributed by atoms with Crippen LogP contribution in [-0.4, -0.2) is 57.4 Å². The Hall–Kier alpha value is -2.82. The Morgan fingerprint density at radius 2 is 2.10 bits per heavy atom. The van der Waals surface area contributed by atoms with Crippen LogP contribution < -0.4 is 9.62 Å². The lowest BCUT2D eigenvalue weighted by Gasteiger charge is -2.23. The molecule has 2 N–H and O–H groups in total. The van der Waals surface area contributed by atoms with Crippen LogP contribution in [0.2, 0.25) is 0 Å². The van der Waals surface area contributed by atoms with Gasteiger partial charge in [-0.3, -0.25) is 9.10 Å². The molecule has 0 bridgehead atoms. The Bertz CT molecular complexity index is 1160. The molecule has 0 fully saturated rings. The predicted molar refractivity (Wildman–Crippen MR) is 116 cm³/mol. The van der Waals surface area contributed by atoms with Gasteiger partial charge in [0.25, 0.3) is 5.91 Å². The standard InChI is InChI=1S/C21H23FN4O4S/c1-12-16-8-17-19(21(28)23-2)20(13-4-6-14(22)7-5-13)24-25(17)10-18(16)26(31(3)29)9-15(11-27)30-12/h4-8,10,12,15,27H,9,11H2,1-3H3,(H,23,28). The van der Waals surface area contributed by atoms with E-state index >= 15 is 0 Å². The summed E-state index contributed by atoms with van der Waals surface area (Å²) in [5.41, 5.74) is 3.26. The van der Waals surface area contributed by atoms with Gasteiger partial charge in [0.1, 0.15) is 22.5 Å². The van der Waals surface area contributed by atoms with Gasteiger partial charge in [0.05, 0.1) is 48.3 Å². The fourth-order valence-electron chi connectivity index (χ4n) is 3.82. The highest BCUT2D eigenvalue weighted by molar-refractivity contribution is 7.85. The van der Waals surface area contributed by atoms with Crippen molar-refractivity contribution in [3.63, 3.8) is 0 Å². The Morgan fingerprint density at radius 1 is 1.39 bits per heavy atom. The van der Waals surface area contributed by atoms with E-state index in [0.717, 1.165) is 5.56 Å². The van der Waals surface area contributed by atoms with Gasteiger partial charge in [-0.2, -0.15) is 5.10 Å². The number of hydrogen-bond acceptors (Lipinski definition) is 5. The van der Waals surface area contributed by atoms with Gasteiger partial charge in [0.15, 0.2) is 0 Å². The van der Waals surface area contributed by atoms with Gasteiger partial charge in [-0.25, -0.2) is 13.1 Å². The fraction of sp³-hybridized carbons (Fsp3) is 0.333. The number of benzene rings is 1. The van der Waals surface area contributed by atoms with Crippen LogP contribution in [-0.2, 0) is 15.7 Å². The second kappa shape index (κ2) is 8.37. The van der Waals surface area contributed by atoms with E-state index in [1.165, 1.54) is 19.2 Å². The first-order valence-corrected chi connectivity index (χ1v) is 11.3. The number of pyridine rings is 1. The number of nitrogens with one attached hydrogen (secondary N) is 1. The molecule has 1 aliphatic rings. The summed E-state index contributed by atoms with van der Waals surface area (Å²) in [4.78, 5) is 12.8. The highest BCUT2D eigenvalue weighted by atomic mass is 32.2. The number of halogens is 1. The second-order valence-electron chi connectivity index (χ2n) is 7.32. The van der Waals surface area contributed by atoms with Crippen molar-refractivity contribution in [3.05, 3.63) is 53.5 Å². The number of anilines is 1. The average Bonchev–Trinajstić information content (AvgIpc) is 3.06. The molecular weight excluding hydrogens is 423 g/mol. The summed E-state index contributed by atoms with van der Waals surface area (Å²) in [6.07, 6.45) is 2.35. The Balaban J connectivity index is 1.98. The predicted octanol–water partition coefficient (Wildman–Crippen LogP) is 2.05. The molecule has 0 aliphatic carbocycles. The second-order valence-corrected chi connectivity index (χ2v) is 8.61. The maximum atomic E-state index is 13.4. The number of fused-ring (bicyclic) bond motifs is 2. The lowest BCUT2D eigenvalue weighted by atomic mass is 10.0. The van der Waals surface area contributed by atoms with E-state index in [2.05, 4.69) is 10.4 Å². The van der Waals surface area contributed by atoms with Crippen molar-refractivity contribution < 1.29 is 23.2 Å². The fourth-order valence-corrected chi connectivity index (χ4v) is 4.63. The smallest absolute Gasteiger partial charge is 0.255 e. The lowest BCUT2D eigenvalue weighted by Crippen LogP contribution is -2.35. The van der Waals surface area contributed by atoms with Crippen molar-refractivity contribution >= 4 is 28.1 Å². The largest absolute Gasteiger partial charge is 0.394 e. The van der Waals surface area contributed by atoms with Gasteiger partial charge in [0, 0.05) is 24.4 Å². The SMILES string of the molecule is CNC(=O)c1c(-c2ccc(F)cc2)nn2cc3c(cc12)C(C)OC(CO)CN3S(C)=O. The van der Waals surface area contributed by atoms with Crippen LogP contribution in [0, 0.1) is 5.82 Å². The van der Waals surface area contributed by atoms with Gasteiger partial charge in [-0.1, -0.05) is 0 Å². The molecule has 2 aromatic heterocycles. The van der Waals surface area contributed by atoms with Crippen molar-refractivity contribution in [2.75, 3.05) is 30.8 Å². The maximum absolute atomic E-state index is 13.4. The first kappa shape index (κ1) is 21.4. The summed E-state index contributed by atoms with van der Waals surface area (Å²) in [6.45, 7) is 1.88. The van der Waals surface area contributed by atoms with Crippen molar-refractivity contribution in [2.45, 2.75) is 19.1 Å². The minimum Gasteiger partial charge on any atom is -0.394 e. The molecule has 164 valence electrons. The zero-order chi connectivity index (χ0) is 22.3. The summed E-state index contributed by atoms with van der Waals surface area (Å²) in [5.74, 6) is -0.716. The summed E-state index contributed by atoms with van der Waals surface area (Å²) in [5, 5.41) is 16.9. The first-order valence-electron chi connectivity index (χ1n) is 9.75. The number of amides is 1. The highest BCUT2D eigenvalue weighted by Crippen LogP contribution is 2.37. The number of hydrogen-bond donors (Lipinski definition) is 2. The van der Waals surface area contributed by atoms with Crippen LogP contribution >= 0.6 is 0 Å². The number of carbonyl (C=O) groups excluding carboxylic acids is 1. The molecule has 0 spiro atoms. The van der Waals surface area contributed by atoms with Gasteiger partial charge < -0.3 is 15.2 Å². The number of nitrogens with zero attached hydrogens (tertiary/aromatic N) is 3. The summed E-state index contributed by atoms with van der Waals surface area (Å²) < 4.78 is 35.1. The number of aromatic nitrogens is 2. The topological polar surface area (TPSA) is 96.2 Å². The van der Waals surface area contributed by atoms with Crippen molar-refractivity contribution in [1.29, 1.82) is 0 Å². The molecule has 1 aromatic carbocycles. The molecule has 10 heteroatoms. The van der Waals surface area contributed by atoms with Crippen molar-refractivity contribution in [2.24, 2.45) is 0 Å². The van der Waals surface area contributed by atoms with E-state index in [9.17, 15) is 18.5 Å². The van der Waals surface area contributed by atoms with Gasteiger partial charge in [-0.15, -0.1) is 0 Å². The number of carbonyl (C=O) groups is 1. The Labute approximate surface area is 181 Å². The third-order valence-electron chi connectivity index (χ3n) is 5.34. The monoisotopic (exact) mass is 446 g/mol. The van der Waals surface area contributed by atoms with Gasteiger partial charge >= 0.3 is 0 Å². The van der Waals surface area contributed by atoms with E-state index in [-0.39, 0.29) is 24.9 Å². The Kier molecular flexibility index (Phi) is 5.78. The minimum absolute atomic E-state index is 0.207. The third kappa shape index (κ3) is 3.82. The van der Waals surface area contributed by atoms with Crippen LogP contribution in [0.5, 0.6) is 0 Å². The van der Waals surface area contributed by atoms with Gasteiger partial charge in [0.2, 0.25) is 0 Å². The minimum atomic E-state index is -1.37. The Morgan fingerprint density at radius 3 is 2.71 bits per heavy atom. The molecule has 8 nitrogen and oxygen atoms in total. The molecule has 1 aliphatic heterocycles. The number of rotatable bonds is 4. The highest BCUT2D eigenvalue weighted by Gasteiger charge is 2.31. The number of aliphatic hydroxyl groups excluding tert-OH is 1. The van der Waals surface area contributed by atoms with Crippen LogP contribution in [0.3, 0.4) is 0 Å². The van der Waals surface area contributed by atoms with Crippen LogP contribution in [0.25, 0.3) is 16.8 Å². The molecule has 0 radical (unpaired) electrons. The van der Waals surface area contributed by atoms with E-state index in [0.29, 0.717) is 28.0 Å². The quantitative estimate of drug-likeness (QED) is 0.640. The maximum Gasteiger partial charge on any atom is 0.255 e. The molecule has 3 unspecified atom stereocenters. The molecule has 3 heterocycles. The molecule has 3 aromatic rings. The summed E-state index contributed by atoms with van der Waals surface area (Å²) >= 11 is 0. The zero-order valence-electron chi connectivity index (χ0n) is 17.3. The zero-order valence-corrected chi connectivity index (χ0v) is 18.1. The van der Waals surface area contributed by atoms with E-state index in [1.807, 2.05) is 6.92 Å². The molecule has 1 amide bonds. The molecule has 3 atom stereocenters. The normalized spacial score (nSPS) is 19.7. The third-order valence-corrected chi connectivity index (χ3v) is 6.31. The molecular formula is C21H23FN4O4S. The van der Waals surface area contributed by atoms with Crippen molar-refractivity contribution in [1.82, 2.24) is 14.9 Å². The lowest BCUT2D eigenvalue weighted by molar-refractivity contribution is -0.0226. The molecule has 0 saturated heterocycles. The van der Waals surface area contributed by atoms with Crippen LogP contribution in [0.1, 0.15) is 28.9 Å². The summed E-state index contributed by atoms with van der Waals surface area (Å²) in [6, 6.07) is 7.56. The number of aliphatic hydroxyl groups is 1. The molecule has 0 saturated carbocycles. The molecule has 4 rings (SSSR count). The average molecular weight is 447 g/mol. The summed E-state index contributed by atoms with van der Waals surface area (Å²) in [7, 11) is 0.159. The van der Waals surface area contributed by atoms with Crippen molar-refractivity contribution in [3.8, 4) is 11.3 Å².